The van der Waals surface area contributed by atoms with Crippen LogP contribution in [-0.2, 0) is 4.79 Å². The van der Waals surface area contributed by atoms with Crippen molar-refractivity contribution in [3.63, 3.8) is 0 Å². The third kappa shape index (κ3) is 1.56. The van der Waals surface area contributed by atoms with Gasteiger partial charge in [-0.3, -0.25) is 9.89 Å². The van der Waals surface area contributed by atoms with Crippen molar-refractivity contribution in [1.82, 2.24) is 10.2 Å². The molecule has 13 heavy (non-hydrogen) atoms. The number of aromatic nitrogens is 2. The predicted molar refractivity (Wildman–Crippen MR) is 49.2 cm³/mol. The van der Waals surface area contributed by atoms with Crippen LogP contribution in [0.2, 0.25) is 0 Å². The zero-order chi connectivity index (χ0) is 9.42. The Morgan fingerprint density at radius 3 is 2.92 bits per heavy atom. The molecule has 1 fully saturated rings. The van der Waals surface area contributed by atoms with E-state index in [0.717, 1.165) is 17.8 Å². The van der Waals surface area contributed by atoms with Crippen molar-refractivity contribution >= 4 is 11.7 Å². The molecule has 0 spiro atoms. The second-order valence-electron chi connectivity index (χ2n) is 3.74. The second kappa shape index (κ2) is 2.87. The van der Waals surface area contributed by atoms with Crippen LogP contribution in [-0.4, -0.2) is 16.1 Å². The average molecular weight is 179 g/mol. The van der Waals surface area contributed by atoms with Crippen molar-refractivity contribution in [1.29, 1.82) is 0 Å². The molecular formula is C9H13N3O. The Morgan fingerprint density at radius 2 is 2.46 bits per heavy atom. The Bertz CT molecular complexity index is 331. The molecule has 4 heteroatoms. The van der Waals surface area contributed by atoms with Crippen LogP contribution in [0.5, 0.6) is 0 Å². The van der Waals surface area contributed by atoms with Gasteiger partial charge in [0, 0.05) is 11.5 Å². The van der Waals surface area contributed by atoms with E-state index in [1.54, 1.807) is 6.20 Å². The summed E-state index contributed by atoms with van der Waals surface area (Å²) in [7, 11) is 0. The highest BCUT2D eigenvalue weighted by Crippen LogP contribution is 2.38. The second-order valence-corrected chi connectivity index (χ2v) is 3.74. The summed E-state index contributed by atoms with van der Waals surface area (Å²) in [5, 5.41) is 9.41. The lowest BCUT2D eigenvalue weighted by Gasteiger charge is -2.01. The number of hydrogen-bond donors (Lipinski definition) is 2. The fourth-order valence-electron chi connectivity index (χ4n) is 1.38. The fourth-order valence-corrected chi connectivity index (χ4v) is 1.38. The summed E-state index contributed by atoms with van der Waals surface area (Å²) >= 11 is 0. The molecule has 2 atom stereocenters. The van der Waals surface area contributed by atoms with Gasteiger partial charge in [0.1, 0.15) is 5.82 Å². The molecule has 2 rings (SSSR count). The topological polar surface area (TPSA) is 57.8 Å². The molecule has 1 saturated carbocycles. The number of rotatable bonds is 2. The first kappa shape index (κ1) is 8.29. The number of H-pyrrole nitrogens is 1. The van der Waals surface area contributed by atoms with Gasteiger partial charge >= 0.3 is 0 Å². The van der Waals surface area contributed by atoms with Crippen LogP contribution in [0.25, 0.3) is 0 Å². The summed E-state index contributed by atoms with van der Waals surface area (Å²) in [5.41, 5.74) is 0.974. The van der Waals surface area contributed by atoms with E-state index in [-0.39, 0.29) is 11.8 Å². The minimum absolute atomic E-state index is 0.111. The van der Waals surface area contributed by atoms with Crippen LogP contribution in [0.4, 0.5) is 5.82 Å². The minimum atomic E-state index is 0.111. The van der Waals surface area contributed by atoms with E-state index in [0.29, 0.717) is 5.92 Å². The summed E-state index contributed by atoms with van der Waals surface area (Å²) in [6, 6.07) is 0. The summed E-state index contributed by atoms with van der Waals surface area (Å²) in [6.45, 7) is 4.00. The van der Waals surface area contributed by atoms with Crippen LogP contribution >= 0.6 is 0 Å². The number of nitrogens with one attached hydrogen (secondary N) is 2. The average Bonchev–Trinajstić information content (AvgIpc) is 2.68. The van der Waals surface area contributed by atoms with Gasteiger partial charge in [-0.1, -0.05) is 6.92 Å². The normalized spacial score (nSPS) is 25.7. The molecule has 0 aliphatic heterocycles. The molecule has 0 radical (unpaired) electrons. The smallest absolute Gasteiger partial charge is 0.228 e. The number of carbonyl (C=O) groups excluding carboxylic acids is 1. The highest BCUT2D eigenvalue weighted by molar-refractivity contribution is 5.94. The van der Waals surface area contributed by atoms with E-state index in [1.165, 1.54) is 0 Å². The lowest BCUT2D eigenvalue weighted by atomic mass is 10.3. The fraction of sp³-hybridized carbons (Fsp3) is 0.556. The van der Waals surface area contributed by atoms with Gasteiger partial charge in [0.15, 0.2) is 0 Å². The van der Waals surface area contributed by atoms with Crippen molar-refractivity contribution in [2.24, 2.45) is 11.8 Å². The number of nitrogens with zero attached hydrogens (tertiary/aromatic N) is 1. The Labute approximate surface area is 76.7 Å². The molecule has 0 bridgehead atoms. The Kier molecular flexibility index (Phi) is 1.83. The molecule has 70 valence electrons. The third-order valence-electron chi connectivity index (χ3n) is 2.52. The predicted octanol–water partition coefficient (Wildman–Crippen LogP) is 1.31. The van der Waals surface area contributed by atoms with Crippen molar-refractivity contribution < 1.29 is 4.79 Å². The molecule has 1 aromatic rings. The molecule has 0 saturated heterocycles. The molecule has 1 aromatic heterocycles. The lowest BCUT2D eigenvalue weighted by molar-refractivity contribution is -0.117. The van der Waals surface area contributed by atoms with Crippen LogP contribution < -0.4 is 5.32 Å². The number of carbonyl (C=O) groups is 1. The third-order valence-corrected chi connectivity index (χ3v) is 2.52. The zero-order valence-corrected chi connectivity index (χ0v) is 7.79. The molecular weight excluding hydrogens is 166 g/mol. The summed E-state index contributed by atoms with van der Waals surface area (Å²) < 4.78 is 0. The Hall–Kier alpha value is -1.32. The molecule has 1 amide bonds. The number of anilines is 1. The quantitative estimate of drug-likeness (QED) is 0.719. The molecule has 4 nitrogen and oxygen atoms in total. The van der Waals surface area contributed by atoms with E-state index in [9.17, 15) is 4.79 Å². The maximum Gasteiger partial charge on any atom is 0.228 e. The number of aromatic amines is 1. The van der Waals surface area contributed by atoms with Crippen molar-refractivity contribution in [2.45, 2.75) is 20.3 Å². The molecule has 1 heterocycles. The van der Waals surface area contributed by atoms with E-state index >= 15 is 0 Å². The highest BCUT2D eigenvalue weighted by Gasteiger charge is 2.39. The number of hydrogen-bond acceptors (Lipinski definition) is 2. The van der Waals surface area contributed by atoms with Crippen molar-refractivity contribution in [2.75, 3.05) is 5.32 Å². The summed E-state index contributed by atoms with van der Waals surface area (Å²) in [6.07, 6.45) is 2.71. The Balaban J connectivity index is 1.99. The van der Waals surface area contributed by atoms with Gasteiger partial charge < -0.3 is 5.32 Å². The van der Waals surface area contributed by atoms with Gasteiger partial charge in [0.05, 0.1) is 6.20 Å². The van der Waals surface area contributed by atoms with Gasteiger partial charge in [-0.2, -0.15) is 5.10 Å². The molecule has 2 N–H and O–H groups in total. The van der Waals surface area contributed by atoms with Gasteiger partial charge in [-0.25, -0.2) is 0 Å². The highest BCUT2D eigenvalue weighted by atomic mass is 16.2. The number of aryl methyl sites for hydroxylation is 1. The molecule has 2 unspecified atom stereocenters. The van der Waals surface area contributed by atoms with Crippen LogP contribution in [0, 0.1) is 18.8 Å². The van der Waals surface area contributed by atoms with E-state index in [1.807, 2.05) is 6.92 Å². The van der Waals surface area contributed by atoms with E-state index in [4.69, 9.17) is 0 Å². The van der Waals surface area contributed by atoms with Gasteiger partial charge in [0.2, 0.25) is 5.91 Å². The van der Waals surface area contributed by atoms with Crippen LogP contribution in [0.3, 0.4) is 0 Å². The minimum Gasteiger partial charge on any atom is -0.311 e. The van der Waals surface area contributed by atoms with Gasteiger partial charge in [-0.05, 0) is 19.3 Å². The lowest BCUT2D eigenvalue weighted by Crippen LogP contribution is -2.15. The number of amides is 1. The monoisotopic (exact) mass is 179 g/mol. The molecule has 0 aromatic carbocycles. The van der Waals surface area contributed by atoms with Crippen molar-refractivity contribution in [3.8, 4) is 0 Å². The summed E-state index contributed by atoms with van der Waals surface area (Å²) in [4.78, 5) is 11.5. The molecule has 1 aliphatic rings. The maximum atomic E-state index is 11.5. The van der Waals surface area contributed by atoms with Crippen LogP contribution in [0.15, 0.2) is 6.20 Å². The molecule has 1 aliphatic carbocycles. The summed E-state index contributed by atoms with van der Waals surface area (Å²) in [5.74, 6) is 1.59. The maximum absolute atomic E-state index is 11.5. The first-order chi connectivity index (χ1) is 6.18. The largest absolute Gasteiger partial charge is 0.311 e. The van der Waals surface area contributed by atoms with Gasteiger partial charge in [0.25, 0.3) is 0 Å². The first-order valence-electron chi connectivity index (χ1n) is 4.49. The van der Waals surface area contributed by atoms with Crippen molar-refractivity contribution in [3.05, 3.63) is 11.8 Å². The van der Waals surface area contributed by atoms with E-state index < -0.39 is 0 Å². The van der Waals surface area contributed by atoms with E-state index in [2.05, 4.69) is 22.4 Å². The SMILES string of the molecule is Cc1cn[nH]c1NC(=O)C1CC1C. The van der Waals surface area contributed by atoms with Gasteiger partial charge in [-0.15, -0.1) is 0 Å². The first-order valence-corrected chi connectivity index (χ1v) is 4.49. The zero-order valence-electron chi connectivity index (χ0n) is 7.79. The van der Waals surface area contributed by atoms with Crippen LogP contribution in [0.1, 0.15) is 18.9 Å². The Morgan fingerprint density at radius 1 is 1.77 bits per heavy atom. The standard InChI is InChI=1S/C9H13N3O/c1-5-3-7(5)9(13)11-8-6(2)4-10-12-8/h4-5,7H,3H2,1-2H3,(H2,10,11,12,13).